The number of anilines is 1. The smallest absolute Gasteiger partial charge is 0.276 e. The average Bonchev–Trinajstić information content (AvgIpc) is 2.60. The molecule has 0 radical (unpaired) electrons. The molecule has 0 spiro atoms. The van der Waals surface area contributed by atoms with Crippen LogP contribution in [0.25, 0.3) is 0 Å². The predicted molar refractivity (Wildman–Crippen MR) is 95.8 cm³/mol. The van der Waals surface area contributed by atoms with E-state index in [1.807, 2.05) is 6.92 Å². The third-order valence-electron chi connectivity index (χ3n) is 3.60. The van der Waals surface area contributed by atoms with Gasteiger partial charge in [-0.3, -0.25) is 14.4 Å². The first-order valence-corrected chi connectivity index (χ1v) is 8.13. The maximum Gasteiger partial charge on any atom is 0.276 e. The number of hydrogen-bond donors (Lipinski definition) is 1. The van der Waals surface area contributed by atoms with Crippen LogP contribution in [0, 0.1) is 0 Å². The largest absolute Gasteiger partial charge is 0.345 e. The molecule has 0 atom stereocenters. The zero-order valence-electron chi connectivity index (χ0n) is 14.7. The quantitative estimate of drug-likeness (QED) is 0.870. The Balaban J connectivity index is 2.18. The van der Waals surface area contributed by atoms with Crippen LogP contribution in [0.5, 0.6) is 0 Å². The molecule has 1 aromatic carbocycles. The topological polar surface area (TPSA) is 84.3 Å². The SMILES string of the molecule is CCCCn1nc(C(=O)Nc2cccc(C(=O)N(C)C)c2)ccc1=O. The lowest BCUT2D eigenvalue weighted by Gasteiger charge is -2.12. The lowest BCUT2D eigenvalue weighted by molar-refractivity contribution is 0.0827. The van der Waals surface area contributed by atoms with E-state index in [0.29, 0.717) is 17.8 Å². The molecule has 1 heterocycles. The molecule has 0 saturated heterocycles. The summed E-state index contributed by atoms with van der Waals surface area (Å²) in [5, 5.41) is 6.82. The molecule has 0 unspecified atom stereocenters. The van der Waals surface area contributed by atoms with E-state index < -0.39 is 5.91 Å². The minimum atomic E-state index is -0.431. The summed E-state index contributed by atoms with van der Waals surface area (Å²) < 4.78 is 1.30. The molecule has 1 aromatic heterocycles. The van der Waals surface area contributed by atoms with Gasteiger partial charge in [-0.25, -0.2) is 4.68 Å². The normalized spacial score (nSPS) is 10.4. The van der Waals surface area contributed by atoms with Crippen molar-refractivity contribution in [3.05, 3.63) is 58.0 Å². The summed E-state index contributed by atoms with van der Waals surface area (Å²) in [5.41, 5.74) is 0.887. The maximum absolute atomic E-state index is 12.4. The molecule has 2 aromatic rings. The van der Waals surface area contributed by atoms with E-state index in [0.717, 1.165) is 12.8 Å². The molecule has 0 aliphatic heterocycles. The van der Waals surface area contributed by atoms with E-state index in [9.17, 15) is 14.4 Å². The van der Waals surface area contributed by atoms with Gasteiger partial charge in [0.05, 0.1) is 0 Å². The number of amides is 2. The molecular weight excluding hydrogens is 320 g/mol. The van der Waals surface area contributed by atoms with E-state index in [4.69, 9.17) is 0 Å². The summed E-state index contributed by atoms with van der Waals surface area (Å²) in [6.07, 6.45) is 1.74. The zero-order valence-corrected chi connectivity index (χ0v) is 14.7. The third-order valence-corrected chi connectivity index (χ3v) is 3.60. The first-order chi connectivity index (χ1) is 11.9. The zero-order chi connectivity index (χ0) is 18.4. The van der Waals surface area contributed by atoms with Gasteiger partial charge in [-0.15, -0.1) is 0 Å². The molecule has 25 heavy (non-hydrogen) atoms. The van der Waals surface area contributed by atoms with Gasteiger partial charge in [0.25, 0.3) is 17.4 Å². The van der Waals surface area contributed by atoms with Crippen LogP contribution >= 0.6 is 0 Å². The van der Waals surface area contributed by atoms with Gasteiger partial charge in [-0.2, -0.15) is 5.10 Å². The molecule has 7 heteroatoms. The van der Waals surface area contributed by atoms with Crippen LogP contribution in [0.4, 0.5) is 5.69 Å². The number of unbranched alkanes of at least 4 members (excludes halogenated alkanes) is 1. The molecule has 2 rings (SSSR count). The highest BCUT2D eigenvalue weighted by Crippen LogP contribution is 2.13. The van der Waals surface area contributed by atoms with Crippen LogP contribution in [0.2, 0.25) is 0 Å². The fraction of sp³-hybridized carbons (Fsp3) is 0.333. The molecule has 0 saturated carbocycles. The number of benzene rings is 1. The Kier molecular flexibility index (Phi) is 6.05. The Morgan fingerprint density at radius 2 is 1.96 bits per heavy atom. The van der Waals surface area contributed by atoms with Crippen LogP contribution in [0.3, 0.4) is 0 Å². The molecule has 132 valence electrons. The number of aromatic nitrogens is 2. The molecule has 0 aliphatic rings. The van der Waals surface area contributed by atoms with Crippen LogP contribution in [0.1, 0.15) is 40.6 Å². The number of nitrogens with one attached hydrogen (secondary N) is 1. The van der Waals surface area contributed by atoms with Gasteiger partial charge in [-0.05, 0) is 30.7 Å². The Bertz CT molecular complexity index is 827. The Hall–Kier alpha value is -2.96. The maximum atomic E-state index is 12.4. The van der Waals surface area contributed by atoms with E-state index in [2.05, 4.69) is 10.4 Å². The van der Waals surface area contributed by atoms with Gasteiger partial charge in [0, 0.05) is 38.0 Å². The third kappa shape index (κ3) is 4.76. The van der Waals surface area contributed by atoms with Crippen LogP contribution < -0.4 is 10.9 Å². The van der Waals surface area contributed by atoms with Gasteiger partial charge in [0.1, 0.15) is 5.69 Å². The lowest BCUT2D eigenvalue weighted by Crippen LogP contribution is -2.26. The second-order valence-corrected chi connectivity index (χ2v) is 5.87. The minimum absolute atomic E-state index is 0.151. The number of carbonyl (C=O) groups is 2. The highest BCUT2D eigenvalue weighted by Gasteiger charge is 2.12. The fourth-order valence-electron chi connectivity index (χ4n) is 2.22. The Labute approximate surface area is 146 Å². The van der Waals surface area contributed by atoms with E-state index in [1.54, 1.807) is 38.4 Å². The summed E-state index contributed by atoms with van der Waals surface area (Å²) in [6, 6.07) is 9.41. The molecule has 7 nitrogen and oxygen atoms in total. The van der Waals surface area contributed by atoms with E-state index >= 15 is 0 Å². The van der Waals surface area contributed by atoms with Crippen molar-refractivity contribution in [2.24, 2.45) is 0 Å². The van der Waals surface area contributed by atoms with Gasteiger partial charge < -0.3 is 10.2 Å². The highest BCUT2D eigenvalue weighted by atomic mass is 16.2. The van der Waals surface area contributed by atoms with Crippen molar-refractivity contribution in [1.29, 1.82) is 0 Å². The summed E-state index contributed by atoms with van der Waals surface area (Å²) in [6.45, 7) is 2.49. The van der Waals surface area contributed by atoms with Crippen LogP contribution in [0.15, 0.2) is 41.2 Å². The van der Waals surface area contributed by atoms with Crippen molar-refractivity contribution in [3.63, 3.8) is 0 Å². The number of aryl methyl sites for hydroxylation is 1. The average molecular weight is 342 g/mol. The number of rotatable bonds is 6. The van der Waals surface area contributed by atoms with E-state index in [-0.39, 0.29) is 17.2 Å². The highest BCUT2D eigenvalue weighted by molar-refractivity contribution is 6.03. The number of carbonyl (C=O) groups excluding carboxylic acids is 2. The summed E-state index contributed by atoms with van der Waals surface area (Å²) in [4.78, 5) is 37.6. The van der Waals surface area contributed by atoms with Gasteiger partial charge in [-0.1, -0.05) is 19.4 Å². The summed E-state index contributed by atoms with van der Waals surface area (Å²) >= 11 is 0. The van der Waals surface area contributed by atoms with Crippen molar-refractivity contribution in [2.75, 3.05) is 19.4 Å². The summed E-state index contributed by atoms with van der Waals surface area (Å²) in [5.74, 6) is -0.581. The van der Waals surface area contributed by atoms with Crippen LogP contribution in [-0.4, -0.2) is 40.6 Å². The minimum Gasteiger partial charge on any atom is -0.345 e. The monoisotopic (exact) mass is 342 g/mol. The first-order valence-electron chi connectivity index (χ1n) is 8.13. The Morgan fingerprint density at radius 3 is 2.64 bits per heavy atom. The van der Waals surface area contributed by atoms with Gasteiger partial charge in [0.15, 0.2) is 0 Å². The molecule has 2 amide bonds. The van der Waals surface area contributed by atoms with Crippen LogP contribution in [-0.2, 0) is 6.54 Å². The van der Waals surface area contributed by atoms with Gasteiger partial charge >= 0.3 is 0 Å². The molecule has 0 fully saturated rings. The molecule has 0 aliphatic carbocycles. The summed E-state index contributed by atoms with van der Waals surface area (Å²) in [7, 11) is 3.33. The molecular formula is C18H22N4O3. The van der Waals surface area contributed by atoms with Crippen molar-refractivity contribution >= 4 is 17.5 Å². The first kappa shape index (κ1) is 18.4. The number of nitrogens with zero attached hydrogens (tertiary/aromatic N) is 3. The van der Waals surface area contributed by atoms with Crippen molar-refractivity contribution < 1.29 is 9.59 Å². The number of hydrogen-bond acceptors (Lipinski definition) is 4. The van der Waals surface area contributed by atoms with Crippen molar-refractivity contribution in [1.82, 2.24) is 14.7 Å². The van der Waals surface area contributed by atoms with Gasteiger partial charge in [0.2, 0.25) is 0 Å². The van der Waals surface area contributed by atoms with E-state index in [1.165, 1.54) is 21.7 Å². The predicted octanol–water partition coefficient (Wildman–Crippen LogP) is 2.00. The van der Waals surface area contributed by atoms with Crippen molar-refractivity contribution in [3.8, 4) is 0 Å². The Morgan fingerprint density at radius 1 is 1.20 bits per heavy atom. The van der Waals surface area contributed by atoms with Crippen molar-refractivity contribution in [2.45, 2.75) is 26.3 Å². The second-order valence-electron chi connectivity index (χ2n) is 5.87. The fourth-order valence-corrected chi connectivity index (χ4v) is 2.22. The standard InChI is InChI=1S/C18H22N4O3/c1-4-5-11-22-16(23)10-9-15(20-22)17(24)19-14-8-6-7-13(12-14)18(25)21(2)3/h6-10,12H,4-5,11H2,1-3H3,(H,19,24). The lowest BCUT2D eigenvalue weighted by atomic mass is 10.2. The second kappa shape index (κ2) is 8.23. The molecule has 1 N–H and O–H groups in total. The molecule has 0 bridgehead atoms.